The summed E-state index contributed by atoms with van der Waals surface area (Å²) in [7, 11) is 1.16. The van der Waals surface area contributed by atoms with Gasteiger partial charge < -0.3 is 9.47 Å². The standard InChI is InChI=1S/C35H31F8NO4/c1-18-30(21-11-23(34(38,39)40)15-24(12-21)35(41,42)43)48-32(46)44(18)17-22-16-33(2,3)10-9-25(22)27-13-19(6-8-28(27)36)26-7-5-20(14-29(26)37)31(45)47-4/h5-8,11-15,18,30H,9-10,16-17H2,1-4H3/t18-,30-/m0/s1. The fraction of sp³-hybridized carbons (Fsp3) is 0.371. The number of ether oxygens (including phenoxy) is 2. The van der Waals surface area contributed by atoms with E-state index in [0.29, 0.717) is 48.1 Å². The number of benzene rings is 3. The molecular weight excluding hydrogens is 650 g/mol. The van der Waals surface area contributed by atoms with Crippen LogP contribution in [-0.2, 0) is 21.8 Å². The van der Waals surface area contributed by atoms with Gasteiger partial charge in [0.2, 0.25) is 0 Å². The molecule has 1 saturated heterocycles. The van der Waals surface area contributed by atoms with Gasteiger partial charge in [-0.2, -0.15) is 26.3 Å². The first-order chi connectivity index (χ1) is 22.3. The molecule has 0 bridgehead atoms. The lowest BCUT2D eigenvalue weighted by molar-refractivity contribution is -0.143. The van der Waals surface area contributed by atoms with E-state index in [-0.39, 0.29) is 34.7 Å². The average Bonchev–Trinajstić information content (AvgIpc) is 3.28. The van der Waals surface area contributed by atoms with Gasteiger partial charge in [-0.3, -0.25) is 4.90 Å². The molecule has 5 rings (SSSR count). The third kappa shape index (κ3) is 7.05. The minimum Gasteiger partial charge on any atom is -0.465 e. The van der Waals surface area contributed by atoms with E-state index in [4.69, 9.17) is 4.74 Å². The summed E-state index contributed by atoms with van der Waals surface area (Å²) >= 11 is 0. The Labute approximate surface area is 271 Å². The van der Waals surface area contributed by atoms with Crippen LogP contribution in [0.25, 0.3) is 16.7 Å². The number of halogens is 8. The molecule has 0 N–H and O–H groups in total. The van der Waals surface area contributed by atoms with E-state index in [1.807, 2.05) is 13.8 Å². The monoisotopic (exact) mass is 681 g/mol. The number of carbonyl (C=O) groups is 2. The molecule has 0 unspecified atom stereocenters. The van der Waals surface area contributed by atoms with Crippen LogP contribution < -0.4 is 0 Å². The van der Waals surface area contributed by atoms with Crippen LogP contribution >= 0.6 is 0 Å². The largest absolute Gasteiger partial charge is 0.465 e. The smallest absolute Gasteiger partial charge is 0.416 e. The van der Waals surface area contributed by atoms with Crippen molar-refractivity contribution in [3.63, 3.8) is 0 Å². The number of cyclic esters (lactones) is 1. The SMILES string of the molecule is COC(=O)c1ccc(-c2ccc(F)c(C3=C(CN4C(=O)O[C@H](c5cc(C(F)(F)F)cc(C(F)(F)F)c5)[C@@H]4C)CC(C)(C)CC3)c2)c(F)c1. The van der Waals surface area contributed by atoms with Crippen molar-refractivity contribution >= 4 is 17.6 Å². The summed E-state index contributed by atoms with van der Waals surface area (Å²) in [6, 6.07) is 7.89. The number of esters is 1. The zero-order chi connectivity index (χ0) is 35.3. The maximum Gasteiger partial charge on any atom is 0.416 e. The highest BCUT2D eigenvalue weighted by Gasteiger charge is 2.44. The lowest BCUT2D eigenvalue weighted by Crippen LogP contribution is -2.35. The number of methoxy groups -OCH3 is 1. The van der Waals surface area contributed by atoms with E-state index in [1.54, 1.807) is 0 Å². The molecule has 1 heterocycles. The van der Waals surface area contributed by atoms with Crippen LogP contribution in [0.15, 0.2) is 60.2 Å². The van der Waals surface area contributed by atoms with Gasteiger partial charge in [-0.1, -0.05) is 26.0 Å². The minimum atomic E-state index is -5.08. The highest BCUT2D eigenvalue weighted by Crippen LogP contribution is 2.46. The van der Waals surface area contributed by atoms with Gasteiger partial charge in [0.15, 0.2) is 0 Å². The lowest BCUT2D eigenvalue weighted by atomic mass is 9.72. The number of hydrogen-bond acceptors (Lipinski definition) is 4. The first-order valence-corrected chi connectivity index (χ1v) is 14.9. The van der Waals surface area contributed by atoms with Crippen molar-refractivity contribution in [3.8, 4) is 11.1 Å². The number of alkyl halides is 6. The fourth-order valence-corrected chi connectivity index (χ4v) is 6.32. The summed E-state index contributed by atoms with van der Waals surface area (Å²) in [5.74, 6) is -2.08. The predicted octanol–water partition coefficient (Wildman–Crippen LogP) is 10.0. The molecule has 3 aromatic rings. The molecule has 1 aliphatic carbocycles. The van der Waals surface area contributed by atoms with Crippen LogP contribution in [0.1, 0.15) is 78.7 Å². The van der Waals surface area contributed by atoms with Gasteiger partial charge in [-0.05, 0) is 96.3 Å². The highest BCUT2D eigenvalue weighted by atomic mass is 19.4. The summed E-state index contributed by atoms with van der Waals surface area (Å²) in [6.07, 6.45) is -11.2. The average molecular weight is 682 g/mol. The number of hydrogen-bond donors (Lipinski definition) is 0. The molecular formula is C35H31F8NO4. The molecule has 0 aromatic heterocycles. The Balaban J connectivity index is 1.52. The van der Waals surface area contributed by atoms with Crippen LogP contribution in [0.3, 0.4) is 0 Å². The van der Waals surface area contributed by atoms with Crippen molar-refractivity contribution in [1.29, 1.82) is 0 Å². The molecule has 3 aromatic carbocycles. The fourth-order valence-electron chi connectivity index (χ4n) is 6.32. The Morgan fingerprint density at radius 1 is 0.917 bits per heavy atom. The minimum absolute atomic E-state index is 0.00589. The number of carbonyl (C=O) groups excluding carboxylic acids is 2. The quantitative estimate of drug-likeness (QED) is 0.192. The van der Waals surface area contributed by atoms with E-state index in [9.17, 15) is 35.9 Å². The number of nitrogens with zero attached hydrogens (tertiary/aromatic N) is 1. The Morgan fingerprint density at radius 3 is 2.15 bits per heavy atom. The molecule has 2 aliphatic rings. The Morgan fingerprint density at radius 2 is 1.56 bits per heavy atom. The van der Waals surface area contributed by atoms with E-state index < -0.39 is 64.9 Å². The van der Waals surface area contributed by atoms with Gasteiger partial charge in [0, 0.05) is 17.7 Å². The molecule has 2 atom stereocenters. The summed E-state index contributed by atoms with van der Waals surface area (Å²) in [5.41, 5.74) is -2.09. The van der Waals surface area contributed by atoms with E-state index in [1.165, 1.54) is 42.2 Å². The highest BCUT2D eigenvalue weighted by molar-refractivity contribution is 5.90. The second-order valence-corrected chi connectivity index (χ2v) is 12.8. The molecule has 1 amide bonds. The molecule has 0 radical (unpaired) electrons. The maximum absolute atomic E-state index is 15.5. The third-order valence-corrected chi connectivity index (χ3v) is 8.85. The topological polar surface area (TPSA) is 55.8 Å². The van der Waals surface area contributed by atoms with Crippen molar-refractivity contribution < 1.29 is 54.2 Å². The third-order valence-electron chi connectivity index (χ3n) is 8.85. The first kappa shape index (κ1) is 34.9. The molecule has 0 saturated carbocycles. The van der Waals surface area contributed by atoms with Gasteiger partial charge in [0.1, 0.15) is 17.7 Å². The van der Waals surface area contributed by atoms with Crippen LogP contribution in [-0.4, -0.2) is 36.7 Å². The molecule has 1 fully saturated rings. The van der Waals surface area contributed by atoms with E-state index in [0.717, 1.165) is 13.2 Å². The van der Waals surface area contributed by atoms with Crippen LogP contribution in [0.5, 0.6) is 0 Å². The summed E-state index contributed by atoms with van der Waals surface area (Å²) in [4.78, 5) is 26.2. The summed E-state index contributed by atoms with van der Waals surface area (Å²) in [6.45, 7) is 5.28. The number of amides is 1. The lowest BCUT2D eigenvalue weighted by Gasteiger charge is -2.35. The summed E-state index contributed by atoms with van der Waals surface area (Å²) < 4.78 is 122. The zero-order valence-corrected chi connectivity index (χ0v) is 26.3. The van der Waals surface area contributed by atoms with Crippen molar-refractivity contribution in [1.82, 2.24) is 4.90 Å². The van der Waals surface area contributed by atoms with Gasteiger partial charge in [0.25, 0.3) is 0 Å². The normalized spacial score (nSPS) is 19.8. The first-order valence-electron chi connectivity index (χ1n) is 14.9. The second kappa shape index (κ2) is 12.6. The molecule has 5 nitrogen and oxygen atoms in total. The molecule has 256 valence electrons. The molecule has 48 heavy (non-hydrogen) atoms. The van der Waals surface area contributed by atoms with Gasteiger partial charge in [-0.15, -0.1) is 0 Å². The second-order valence-electron chi connectivity index (χ2n) is 12.8. The Bertz CT molecular complexity index is 1760. The summed E-state index contributed by atoms with van der Waals surface area (Å²) in [5, 5.41) is 0. The van der Waals surface area contributed by atoms with E-state index in [2.05, 4.69) is 4.74 Å². The van der Waals surface area contributed by atoms with Crippen molar-refractivity contribution in [2.75, 3.05) is 13.7 Å². The molecule has 1 aliphatic heterocycles. The van der Waals surface area contributed by atoms with Gasteiger partial charge in [0.05, 0.1) is 29.8 Å². The zero-order valence-electron chi connectivity index (χ0n) is 26.3. The van der Waals surface area contributed by atoms with E-state index >= 15 is 8.78 Å². The molecule has 0 spiro atoms. The van der Waals surface area contributed by atoms with Gasteiger partial charge in [-0.25, -0.2) is 18.4 Å². The maximum atomic E-state index is 15.5. The van der Waals surface area contributed by atoms with Crippen LogP contribution in [0, 0.1) is 17.0 Å². The Hall–Kier alpha value is -4.42. The van der Waals surface area contributed by atoms with Crippen LogP contribution in [0.2, 0.25) is 0 Å². The molecule has 13 heteroatoms. The van der Waals surface area contributed by atoms with Crippen LogP contribution in [0.4, 0.5) is 39.9 Å². The van der Waals surface area contributed by atoms with Crippen molar-refractivity contribution in [3.05, 3.63) is 99.6 Å². The van der Waals surface area contributed by atoms with Gasteiger partial charge >= 0.3 is 24.4 Å². The number of rotatable bonds is 6. The predicted molar refractivity (Wildman–Crippen MR) is 160 cm³/mol. The number of allylic oxidation sites excluding steroid dienone is 1. The van der Waals surface area contributed by atoms with Crippen molar-refractivity contribution in [2.45, 2.75) is 64.5 Å². The van der Waals surface area contributed by atoms with Crippen molar-refractivity contribution in [2.24, 2.45) is 5.41 Å². The Kier molecular flexibility index (Phi) is 9.13.